The van der Waals surface area contributed by atoms with Gasteiger partial charge in [0.1, 0.15) is 0 Å². The molecule has 0 aliphatic rings. The number of H-pyrrole nitrogens is 1. The molecule has 0 aliphatic carbocycles. The summed E-state index contributed by atoms with van der Waals surface area (Å²) in [7, 11) is 0. The lowest BCUT2D eigenvalue weighted by Crippen LogP contribution is -2.08. The maximum absolute atomic E-state index is 11.2. The summed E-state index contributed by atoms with van der Waals surface area (Å²) in [6, 6.07) is 1.50. The third-order valence-corrected chi connectivity index (χ3v) is 3.42. The molecule has 0 saturated carbocycles. The SMILES string of the molecule is Cc1cc(=O)[nH]c(SCCC(C)CCCl)n1. The van der Waals surface area contributed by atoms with Crippen molar-refractivity contribution in [2.24, 2.45) is 5.92 Å². The molecule has 1 atom stereocenters. The van der Waals surface area contributed by atoms with Crippen LogP contribution in [0.4, 0.5) is 0 Å². The van der Waals surface area contributed by atoms with Gasteiger partial charge in [-0.05, 0) is 25.7 Å². The topological polar surface area (TPSA) is 45.8 Å². The van der Waals surface area contributed by atoms with E-state index in [1.165, 1.54) is 6.07 Å². The van der Waals surface area contributed by atoms with Crippen LogP contribution in [0, 0.1) is 12.8 Å². The van der Waals surface area contributed by atoms with Crippen molar-refractivity contribution in [2.45, 2.75) is 31.8 Å². The molecule has 0 saturated heterocycles. The Morgan fingerprint density at radius 2 is 2.31 bits per heavy atom. The zero-order valence-electron chi connectivity index (χ0n) is 9.62. The van der Waals surface area contributed by atoms with Crippen molar-refractivity contribution in [3.63, 3.8) is 0 Å². The molecular formula is C11H17ClN2OS. The maximum atomic E-state index is 11.2. The van der Waals surface area contributed by atoms with E-state index in [1.54, 1.807) is 11.8 Å². The molecule has 1 aromatic heterocycles. The van der Waals surface area contributed by atoms with E-state index < -0.39 is 0 Å². The first-order valence-electron chi connectivity index (χ1n) is 5.38. The first-order chi connectivity index (χ1) is 7.61. The minimum atomic E-state index is -0.0798. The lowest BCUT2D eigenvalue weighted by atomic mass is 10.1. The average Bonchev–Trinajstić information content (AvgIpc) is 2.16. The zero-order valence-corrected chi connectivity index (χ0v) is 11.2. The molecule has 0 aromatic carbocycles. The largest absolute Gasteiger partial charge is 0.301 e. The van der Waals surface area contributed by atoms with Crippen LogP contribution in [0.2, 0.25) is 0 Å². The van der Waals surface area contributed by atoms with Gasteiger partial charge in [0, 0.05) is 23.4 Å². The van der Waals surface area contributed by atoms with Crippen molar-refractivity contribution in [1.29, 1.82) is 0 Å². The monoisotopic (exact) mass is 260 g/mol. The summed E-state index contributed by atoms with van der Waals surface area (Å²) in [5.41, 5.74) is 0.684. The number of nitrogens with one attached hydrogen (secondary N) is 1. The van der Waals surface area contributed by atoms with Gasteiger partial charge in [0.15, 0.2) is 5.16 Å². The number of aromatic amines is 1. The predicted octanol–water partition coefficient (Wildman–Crippen LogP) is 2.83. The summed E-state index contributed by atoms with van der Waals surface area (Å²) >= 11 is 7.26. The number of nitrogens with zero attached hydrogens (tertiary/aromatic N) is 1. The third kappa shape index (κ3) is 5.03. The highest BCUT2D eigenvalue weighted by Crippen LogP contribution is 2.17. The molecule has 1 heterocycles. The number of alkyl halides is 1. The van der Waals surface area contributed by atoms with Gasteiger partial charge in [-0.15, -0.1) is 11.6 Å². The Morgan fingerprint density at radius 3 is 2.94 bits per heavy atom. The summed E-state index contributed by atoms with van der Waals surface area (Å²) < 4.78 is 0. The number of rotatable bonds is 6. The number of halogens is 1. The van der Waals surface area contributed by atoms with Crippen LogP contribution in [0.25, 0.3) is 0 Å². The molecule has 0 amide bonds. The fourth-order valence-electron chi connectivity index (χ4n) is 1.31. The Labute approximate surface area is 105 Å². The van der Waals surface area contributed by atoms with Gasteiger partial charge in [-0.3, -0.25) is 4.79 Å². The van der Waals surface area contributed by atoms with Crippen molar-refractivity contribution >= 4 is 23.4 Å². The van der Waals surface area contributed by atoms with Gasteiger partial charge in [-0.25, -0.2) is 4.98 Å². The van der Waals surface area contributed by atoms with Gasteiger partial charge < -0.3 is 4.98 Å². The zero-order chi connectivity index (χ0) is 12.0. The fourth-order valence-corrected chi connectivity index (χ4v) is 2.77. The van der Waals surface area contributed by atoms with Crippen molar-refractivity contribution in [3.05, 3.63) is 22.1 Å². The minimum Gasteiger partial charge on any atom is -0.301 e. The Morgan fingerprint density at radius 1 is 1.56 bits per heavy atom. The van der Waals surface area contributed by atoms with Gasteiger partial charge in [-0.1, -0.05) is 18.7 Å². The molecular weight excluding hydrogens is 244 g/mol. The lowest BCUT2D eigenvalue weighted by Gasteiger charge is -2.08. The number of hydrogen-bond acceptors (Lipinski definition) is 3. The lowest BCUT2D eigenvalue weighted by molar-refractivity contribution is 0.551. The highest BCUT2D eigenvalue weighted by Gasteiger charge is 2.03. The Balaban J connectivity index is 2.40. The van der Waals surface area contributed by atoms with Crippen LogP contribution in [0.15, 0.2) is 16.0 Å². The fraction of sp³-hybridized carbons (Fsp3) is 0.636. The Hall–Kier alpha value is -0.480. The first-order valence-corrected chi connectivity index (χ1v) is 6.90. The van der Waals surface area contributed by atoms with Crippen LogP contribution in [-0.2, 0) is 0 Å². The molecule has 5 heteroatoms. The summed E-state index contributed by atoms with van der Waals surface area (Å²) in [5, 5.41) is 0.711. The highest BCUT2D eigenvalue weighted by atomic mass is 35.5. The number of thioether (sulfide) groups is 1. The Kier molecular flexibility index (Phi) is 5.91. The molecule has 0 bridgehead atoms. The summed E-state index contributed by atoms with van der Waals surface area (Å²) in [6.45, 7) is 4.02. The van der Waals surface area contributed by atoms with Gasteiger partial charge in [-0.2, -0.15) is 0 Å². The number of aryl methyl sites for hydroxylation is 1. The second-order valence-corrected chi connectivity index (χ2v) is 5.37. The van der Waals surface area contributed by atoms with Gasteiger partial charge in [0.05, 0.1) is 0 Å². The molecule has 1 aromatic rings. The summed E-state index contributed by atoms with van der Waals surface area (Å²) in [6.07, 6.45) is 2.13. The summed E-state index contributed by atoms with van der Waals surface area (Å²) in [5.74, 6) is 2.30. The molecule has 0 spiro atoms. The maximum Gasteiger partial charge on any atom is 0.251 e. The molecule has 3 nitrogen and oxygen atoms in total. The number of hydrogen-bond donors (Lipinski definition) is 1. The van der Waals surface area contributed by atoms with Crippen LogP contribution in [-0.4, -0.2) is 21.6 Å². The molecule has 90 valence electrons. The number of aromatic nitrogens is 2. The van der Waals surface area contributed by atoms with Crippen molar-refractivity contribution in [2.75, 3.05) is 11.6 Å². The van der Waals surface area contributed by atoms with E-state index in [9.17, 15) is 4.79 Å². The van der Waals surface area contributed by atoms with E-state index in [4.69, 9.17) is 11.6 Å². The molecule has 0 aliphatic heterocycles. The highest BCUT2D eigenvalue weighted by molar-refractivity contribution is 7.99. The van der Waals surface area contributed by atoms with E-state index in [0.29, 0.717) is 17.0 Å². The van der Waals surface area contributed by atoms with E-state index in [-0.39, 0.29) is 5.56 Å². The predicted molar refractivity (Wildman–Crippen MR) is 69.4 cm³/mol. The molecule has 16 heavy (non-hydrogen) atoms. The van der Waals surface area contributed by atoms with E-state index in [1.807, 2.05) is 6.92 Å². The van der Waals surface area contributed by atoms with Gasteiger partial charge in [0.25, 0.3) is 5.56 Å². The molecule has 0 fully saturated rings. The van der Waals surface area contributed by atoms with Gasteiger partial charge in [0.2, 0.25) is 0 Å². The van der Waals surface area contributed by atoms with E-state index in [2.05, 4.69) is 16.9 Å². The minimum absolute atomic E-state index is 0.0798. The molecule has 1 unspecified atom stereocenters. The first kappa shape index (κ1) is 13.6. The molecule has 0 radical (unpaired) electrons. The molecule has 1 N–H and O–H groups in total. The van der Waals surface area contributed by atoms with Crippen molar-refractivity contribution in [1.82, 2.24) is 9.97 Å². The quantitative estimate of drug-likeness (QED) is 0.486. The van der Waals surface area contributed by atoms with Crippen LogP contribution in [0.1, 0.15) is 25.5 Å². The normalized spacial score (nSPS) is 12.7. The third-order valence-electron chi connectivity index (χ3n) is 2.30. The van der Waals surface area contributed by atoms with E-state index >= 15 is 0 Å². The van der Waals surface area contributed by atoms with Crippen LogP contribution in [0.3, 0.4) is 0 Å². The van der Waals surface area contributed by atoms with Crippen molar-refractivity contribution < 1.29 is 0 Å². The van der Waals surface area contributed by atoms with E-state index in [0.717, 1.165) is 24.3 Å². The van der Waals surface area contributed by atoms with Crippen LogP contribution < -0.4 is 5.56 Å². The standard InChI is InChI=1S/C11H17ClN2OS/c1-8(3-5-12)4-6-16-11-13-9(2)7-10(15)14-11/h7-8H,3-6H2,1-2H3,(H,13,14,15). The smallest absolute Gasteiger partial charge is 0.251 e. The average molecular weight is 261 g/mol. The Bertz CT molecular complexity index is 380. The summed E-state index contributed by atoms with van der Waals surface area (Å²) in [4.78, 5) is 18.2. The molecule has 1 rings (SSSR count). The van der Waals surface area contributed by atoms with Crippen LogP contribution >= 0.6 is 23.4 Å². The second kappa shape index (κ2) is 6.97. The van der Waals surface area contributed by atoms with Crippen molar-refractivity contribution in [3.8, 4) is 0 Å². The second-order valence-electron chi connectivity index (χ2n) is 3.91. The van der Waals surface area contributed by atoms with Crippen LogP contribution in [0.5, 0.6) is 0 Å². The van der Waals surface area contributed by atoms with Gasteiger partial charge >= 0.3 is 0 Å².